The Bertz CT molecular complexity index is 396. The van der Waals surface area contributed by atoms with Crippen molar-refractivity contribution in [2.45, 2.75) is 26.4 Å². The molecule has 0 fully saturated rings. The lowest BCUT2D eigenvalue weighted by molar-refractivity contribution is -0.122. The highest BCUT2D eigenvalue weighted by atomic mass is 19.1. The predicted octanol–water partition coefficient (Wildman–Crippen LogP) is 2.16. The molecular weight excluding hydrogens is 223 g/mol. The second kappa shape index (κ2) is 6.20. The number of ether oxygens (including phenoxy) is 1. The predicted molar refractivity (Wildman–Crippen MR) is 65.1 cm³/mol. The van der Waals surface area contributed by atoms with Crippen molar-refractivity contribution >= 4 is 17.3 Å². The van der Waals surface area contributed by atoms with Crippen LogP contribution in [-0.4, -0.2) is 18.6 Å². The Labute approximate surface area is 100.0 Å². The van der Waals surface area contributed by atoms with Crippen LogP contribution in [0, 0.1) is 5.82 Å². The van der Waals surface area contributed by atoms with Crippen molar-refractivity contribution in [3.8, 4) is 0 Å². The van der Waals surface area contributed by atoms with Gasteiger partial charge in [0, 0.05) is 0 Å². The maximum atomic E-state index is 12.8. The number of hydrogen-bond donors (Lipinski definition) is 2. The van der Waals surface area contributed by atoms with Crippen molar-refractivity contribution in [3.63, 3.8) is 0 Å². The van der Waals surface area contributed by atoms with Gasteiger partial charge in [-0.3, -0.25) is 4.79 Å². The lowest BCUT2D eigenvalue weighted by atomic mass is 10.2. The zero-order valence-corrected chi connectivity index (χ0v) is 10.00. The zero-order valence-electron chi connectivity index (χ0n) is 10.00. The van der Waals surface area contributed by atoms with E-state index in [2.05, 4.69) is 5.32 Å². The summed E-state index contributed by atoms with van der Waals surface area (Å²) in [5.74, 6) is -0.736. The summed E-state index contributed by atoms with van der Waals surface area (Å²) in [6.07, 6.45) is 0.873. The number of nitrogens with two attached hydrogens (primary N) is 1. The third kappa shape index (κ3) is 4.40. The number of hydrogen-bond acceptors (Lipinski definition) is 3. The summed E-state index contributed by atoms with van der Waals surface area (Å²) in [5.41, 5.74) is 6.15. The molecule has 1 unspecified atom stereocenters. The van der Waals surface area contributed by atoms with E-state index in [0.29, 0.717) is 5.69 Å². The van der Waals surface area contributed by atoms with Crippen LogP contribution in [-0.2, 0) is 9.53 Å². The van der Waals surface area contributed by atoms with Gasteiger partial charge >= 0.3 is 0 Å². The Kier molecular flexibility index (Phi) is 4.90. The van der Waals surface area contributed by atoms with Crippen LogP contribution in [0.15, 0.2) is 18.2 Å². The van der Waals surface area contributed by atoms with Crippen molar-refractivity contribution in [2.24, 2.45) is 0 Å². The van der Waals surface area contributed by atoms with Gasteiger partial charge in [-0.2, -0.15) is 0 Å². The highest BCUT2D eigenvalue weighted by molar-refractivity contribution is 5.94. The smallest absolute Gasteiger partial charge is 0.250 e. The molecule has 1 aromatic carbocycles. The molecule has 3 N–H and O–H groups in total. The fourth-order valence-electron chi connectivity index (χ4n) is 1.17. The number of halogens is 1. The monoisotopic (exact) mass is 240 g/mol. The Morgan fingerprint density at radius 1 is 1.59 bits per heavy atom. The molecule has 1 aromatic rings. The second-order valence-corrected chi connectivity index (χ2v) is 3.81. The van der Waals surface area contributed by atoms with E-state index in [-0.39, 0.29) is 24.3 Å². The first-order valence-corrected chi connectivity index (χ1v) is 5.49. The zero-order chi connectivity index (χ0) is 12.8. The molecule has 0 aliphatic carbocycles. The molecule has 1 atom stereocenters. The number of carbonyl (C=O) groups excluding carboxylic acids is 1. The Balaban J connectivity index is 2.50. The van der Waals surface area contributed by atoms with E-state index < -0.39 is 5.82 Å². The van der Waals surface area contributed by atoms with Crippen molar-refractivity contribution in [2.75, 3.05) is 17.7 Å². The van der Waals surface area contributed by atoms with Crippen LogP contribution in [0.2, 0.25) is 0 Å². The van der Waals surface area contributed by atoms with Crippen LogP contribution in [0.5, 0.6) is 0 Å². The standard InChI is InChI=1S/C12H17FN2O2/c1-3-8(2)17-7-12(16)15-11-5-4-9(13)6-10(11)14/h4-6,8H,3,7,14H2,1-2H3,(H,15,16). The Morgan fingerprint density at radius 2 is 2.29 bits per heavy atom. The van der Waals surface area contributed by atoms with Gasteiger partial charge in [-0.15, -0.1) is 0 Å². The number of anilines is 2. The fraction of sp³-hybridized carbons (Fsp3) is 0.417. The van der Waals surface area contributed by atoms with Gasteiger partial charge in [0.2, 0.25) is 5.91 Å². The van der Waals surface area contributed by atoms with Crippen LogP contribution in [0.25, 0.3) is 0 Å². The molecule has 0 radical (unpaired) electrons. The van der Waals surface area contributed by atoms with Gasteiger partial charge in [-0.05, 0) is 31.5 Å². The summed E-state index contributed by atoms with van der Waals surface area (Å²) < 4.78 is 18.0. The van der Waals surface area contributed by atoms with E-state index in [9.17, 15) is 9.18 Å². The molecule has 0 aliphatic heterocycles. The molecule has 0 saturated heterocycles. The summed E-state index contributed by atoms with van der Waals surface area (Å²) in [6.45, 7) is 3.83. The van der Waals surface area contributed by atoms with Gasteiger partial charge in [-0.25, -0.2) is 4.39 Å². The van der Waals surface area contributed by atoms with Gasteiger partial charge in [0.05, 0.1) is 17.5 Å². The molecule has 5 heteroatoms. The van der Waals surface area contributed by atoms with Crippen LogP contribution in [0.1, 0.15) is 20.3 Å². The summed E-state index contributed by atoms with van der Waals surface area (Å²) in [4.78, 5) is 11.5. The van der Waals surface area contributed by atoms with E-state index in [1.807, 2.05) is 13.8 Å². The quantitative estimate of drug-likeness (QED) is 0.775. The minimum atomic E-state index is -0.434. The third-order valence-corrected chi connectivity index (χ3v) is 2.36. The van der Waals surface area contributed by atoms with E-state index in [1.165, 1.54) is 12.1 Å². The van der Waals surface area contributed by atoms with Crippen LogP contribution >= 0.6 is 0 Å². The number of rotatable bonds is 5. The van der Waals surface area contributed by atoms with E-state index in [4.69, 9.17) is 10.5 Å². The first-order valence-electron chi connectivity index (χ1n) is 5.49. The first kappa shape index (κ1) is 13.4. The van der Waals surface area contributed by atoms with E-state index >= 15 is 0 Å². The summed E-state index contributed by atoms with van der Waals surface area (Å²) in [6, 6.07) is 3.82. The maximum Gasteiger partial charge on any atom is 0.250 e. The molecule has 0 saturated carbocycles. The molecule has 0 bridgehead atoms. The molecule has 0 aromatic heterocycles. The number of benzene rings is 1. The average molecular weight is 240 g/mol. The fourth-order valence-corrected chi connectivity index (χ4v) is 1.17. The molecule has 1 amide bonds. The number of carbonyl (C=O) groups is 1. The molecule has 0 aliphatic rings. The van der Waals surface area contributed by atoms with Crippen LogP contribution in [0.4, 0.5) is 15.8 Å². The molecule has 4 nitrogen and oxygen atoms in total. The highest BCUT2D eigenvalue weighted by Gasteiger charge is 2.08. The summed E-state index contributed by atoms with van der Waals surface area (Å²) >= 11 is 0. The maximum absolute atomic E-state index is 12.8. The van der Waals surface area contributed by atoms with Gasteiger partial charge in [0.15, 0.2) is 0 Å². The second-order valence-electron chi connectivity index (χ2n) is 3.81. The molecule has 0 heterocycles. The molecular formula is C12H17FN2O2. The highest BCUT2D eigenvalue weighted by Crippen LogP contribution is 2.18. The number of nitrogens with one attached hydrogen (secondary N) is 1. The number of amides is 1. The summed E-state index contributed by atoms with van der Waals surface area (Å²) in [5, 5.41) is 2.56. The largest absolute Gasteiger partial charge is 0.397 e. The van der Waals surface area contributed by atoms with Crippen molar-refractivity contribution in [1.82, 2.24) is 0 Å². The lowest BCUT2D eigenvalue weighted by Gasteiger charge is -2.11. The van der Waals surface area contributed by atoms with Gasteiger partial charge < -0.3 is 15.8 Å². The number of nitrogen functional groups attached to an aromatic ring is 1. The minimum Gasteiger partial charge on any atom is -0.397 e. The normalized spacial score (nSPS) is 12.2. The van der Waals surface area contributed by atoms with Gasteiger partial charge in [0.1, 0.15) is 12.4 Å². The van der Waals surface area contributed by atoms with Gasteiger partial charge in [0.25, 0.3) is 0 Å². The molecule has 17 heavy (non-hydrogen) atoms. The van der Waals surface area contributed by atoms with Gasteiger partial charge in [-0.1, -0.05) is 6.92 Å². The molecule has 1 rings (SSSR count). The molecule has 94 valence electrons. The summed E-state index contributed by atoms with van der Waals surface area (Å²) in [7, 11) is 0. The topological polar surface area (TPSA) is 64.3 Å². The van der Waals surface area contributed by atoms with Crippen molar-refractivity contribution < 1.29 is 13.9 Å². The van der Waals surface area contributed by atoms with Crippen LogP contribution in [0.3, 0.4) is 0 Å². The van der Waals surface area contributed by atoms with E-state index in [0.717, 1.165) is 12.5 Å². The molecule has 0 spiro atoms. The van der Waals surface area contributed by atoms with Crippen molar-refractivity contribution in [1.29, 1.82) is 0 Å². The Morgan fingerprint density at radius 3 is 2.88 bits per heavy atom. The van der Waals surface area contributed by atoms with E-state index in [1.54, 1.807) is 0 Å². The minimum absolute atomic E-state index is 0.0336. The SMILES string of the molecule is CCC(C)OCC(=O)Nc1ccc(F)cc1N. The van der Waals surface area contributed by atoms with Crippen molar-refractivity contribution in [3.05, 3.63) is 24.0 Å². The third-order valence-electron chi connectivity index (χ3n) is 2.36. The average Bonchev–Trinajstić information content (AvgIpc) is 2.29. The lowest BCUT2D eigenvalue weighted by Crippen LogP contribution is -2.22. The van der Waals surface area contributed by atoms with Crippen LogP contribution < -0.4 is 11.1 Å². The first-order chi connectivity index (χ1) is 8.02. The Hall–Kier alpha value is -1.62.